The smallest absolute Gasteiger partial charge is 0.310 e. The van der Waals surface area contributed by atoms with Crippen LogP contribution in [0.25, 0.3) is 0 Å². The zero-order chi connectivity index (χ0) is 17.2. The lowest BCUT2D eigenvalue weighted by atomic mass is 9.98. The number of rotatable bonds is 7. The summed E-state index contributed by atoms with van der Waals surface area (Å²) in [5.41, 5.74) is 0. The largest absolute Gasteiger partial charge is 0.466 e. The van der Waals surface area contributed by atoms with Crippen LogP contribution in [0.3, 0.4) is 0 Å². The summed E-state index contributed by atoms with van der Waals surface area (Å²) in [6.07, 6.45) is 7.05. The maximum absolute atomic E-state index is 12.0. The molecule has 0 amide bonds. The molecule has 2 saturated heterocycles. The van der Waals surface area contributed by atoms with Crippen LogP contribution in [0.4, 0.5) is 0 Å². The molecule has 0 radical (unpaired) electrons. The number of ether oxygens (including phenoxy) is 1. The summed E-state index contributed by atoms with van der Waals surface area (Å²) in [4.78, 5) is 21.1. The fourth-order valence-electron chi connectivity index (χ4n) is 3.62. The number of carbonyl (C=O) groups excluding carboxylic acids is 1. The monoisotopic (exact) mass is 338 g/mol. The van der Waals surface area contributed by atoms with Gasteiger partial charge in [-0.25, -0.2) is 0 Å². The first-order valence-corrected chi connectivity index (χ1v) is 9.59. The van der Waals surface area contributed by atoms with E-state index < -0.39 is 0 Å². The number of guanidine groups is 1. The number of nitrogens with zero attached hydrogens (tertiary/aromatic N) is 3. The Balaban J connectivity index is 1.67. The molecule has 2 aliphatic heterocycles. The Morgan fingerprint density at radius 2 is 2.00 bits per heavy atom. The van der Waals surface area contributed by atoms with Crippen molar-refractivity contribution in [1.29, 1.82) is 0 Å². The molecule has 2 rings (SSSR count). The maximum atomic E-state index is 12.0. The van der Waals surface area contributed by atoms with E-state index in [-0.39, 0.29) is 11.9 Å². The summed E-state index contributed by atoms with van der Waals surface area (Å²) in [6, 6.07) is 0. The van der Waals surface area contributed by atoms with Gasteiger partial charge in [-0.1, -0.05) is 0 Å². The Bertz CT molecular complexity index is 408. The Morgan fingerprint density at radius 3 is 2.71 bits per heavy atom. The molecule has 138 valence electrons. The predicted molar refractivity (Wildman–Crippen MR) is 97.2 cm³/mol. The summed E-state index contributed by atoms with van der Waals surface area (Å²) >= 11 is 0. The minimum Gasteiger partial charge on any atom is -0.466 e. The molecule has 6 heteroatoms. The molecule has 2 fully saturated rings. The van der Waals surface area contributed by atoms with E-state index in [2.05, 4.69) is 20.1 Å². The van der Waals surface area contributed by atoms with Gasteiger partial charge in [-0.3, -0.25) is 9.79 Å². The van der Waals surface area contributed by atoms with E-state index in [0.717, 1.165) is 38.3 Å². The second-order valence-electron chi connectivity index (χ2n) is 6.77. The van der Waals surface area contributed by atoms with Crippen molar-refractivity contribution in [2.75, 3.05) is 52.9 Å². The van der Waals surface area contributed by atoms with Crippen LogP contribution < -0.4 is 5.32 Å². The number of likely N-dealkylation sites (tertiary alicyclic amines) is 2. The number of hydrogen-bond donors (Lipinski definition) is 1. The van der Waals surface area contributed by atoms with Crippen LogP contribution in [0.2, 0.25) is 0 Å². The normalized spacial score (nSPS) is 22.7. The second-order valence-corrected chi connectivity index (χ2v) is 6.77. The standard InChI is InChI=1S/C18H34N4O2/c1-3-24-17(23)16-9-8-14-22(15-16)18(19-2)20-10-4-5-11-21-12-6-7-13-21/h16H,3-15H2,1-2H3,(H,19,20). The molecule has 1 N–H and O–H groups in total. The molecule has 0 spiro atoms. The summed E-state index contributed by atoms with van der Waals surface area (Å²) in [7, 11) is 1.82. The van der Waals surface area contributed by atoms with Gasteiger partial charge in [0.2, 0.25) is 0 Å². The molecule has 0 bridgehead atoms. The first kappa shape index (κ1) is 19.0. The highest BCUT2D eigenvalue weighted by atomic mass is 16.5. The summed E-state index contributed by atoms with van der Waals surface area (Å²) in [6.45, 7) is 8.71. The zero-order valence-electron chi connectivity index (χ0n) is 15.4. The highest BCUT2D eigenvalue weighted by molar-refractivity contribution is 5.81. The van der Waals surface area contributed by atoms with Crippen LogP contribution in [0.15, 0.2) is 4.99 Å². The molecule has 0 aliphatic carbocycles. The minimum atomic E-state index is -0.0664. The molecule has 2 heterocycles. The third-order valence-corrected chi connectivity index (χ3v) is 4.94. The first-order chi connectivity index (χ1) is 11.7. The Kier molecular flexibility index (Phi) is 8.36. The van der Waals surface area contributed by atoms with Crippen molar-refractivity contribution < 1.29 is 9.53 Å². The molecular formula is C18H34N4O2. The predicted octanol–water partition coefficient (Wildman–Crippen LogP) is 1.71. The number of hydrogen-bond acceptors (Lipinski definition) is 4. The molecule has 1 unspecified atom stereocenters. The highest BCUT2D eigenvalue weighted by Gasteiger charge is 2.28. The maximum Gasteiger partial charge on any atom is 0.310 e. The van der Waals surface area contributed by atoms with Gasteiger partial charge >= 0.3 is 5.97 Å². The summed E-state index contributed by atoms with van der Waals surface area (Å²) in [5.74, 6) is 0.834. The van der Waals surface area contributed by atoms with Crippen LogP contribution >= 0.6 is 0 Å². The Labute approximate surface area is 146 Å². The minimum absolute atomic E-state index is 0.0209. The molecule has 0 saturated carbocycles. The van der Waals surface area contributed by atoms with Crippen molar-refractivity contribution in [1.82, 2.24) is 15.1 Å². The molecule has 24 heavy (non-hydrogen) atoms. The van der Waals surface area contributed by atoms with Gasteiger partial charge in [0.1, 0.15) is 0 Å². The van der Waals surface area contributed by atoms with Gasteiger partial charge in [-0.05, 0) is 65.1 Å². The van der Waals surface area contributed by atoms with E-state index in [1.54, 1.807) is 0 Å². The van der Waals surface area contributed by atoms with Crippen LogP contribution in [0.5, 0.6) is 0 Å². The van der Waals surface area contributed by atoms with Crippen molar-refractivity contribution in [3.63, 3.8) is 0 Å². The van der Waals surface area contributed by atoms with Gasteiger partial charge in [0.25, 0.3) is 0 Å². The van der Waals surface area contributed by atoms with Gasteiger partial charge < -0.3 is 19.9 Å². The lowest BCUT2D eigenvalue weighted by Gasteiger charge is -2.34. The number of carbonyl (C=O) groups is 1. The molecule has 6 nitrogen and oxygen atoms in total. The second kappa shape index (κ2) is 10.5. The zero-order valence-corrected chi connectivity index (χ0v) is 15.4. The lowest BCUT2D eigenvalue weighted by Crippen LogP contribution is -2.48. The van der Waals surface area contributed by atoms with Crippen molar-refractivity contribution in [3.8, 4) is 0 Å². The highest BCUT2D eigenvalue weighted by Crippen LogP contribution is 2.18. The Morgan fingerprint density at radius 1 is 1.21 bits per heavy atom. The third-order valence-electron chi connectivity index (χ3n) is 4.94. The van der Waals surface area contributed by atoms with Gasteiger partial charge in [-0.2, -0.15) is 0 Å². The molecule has 1 atom stereocenters. The van der Waals surface area contributed by atoms with Crippen LogP contribution in [-0.4, -0.2) is 74.7 Å². The van der Waals surface area contributed by atoms with Crippen molar-refractivity contribution in [2.45, 2.75) is 45.4 Å². The molecule has 0 aromatic heterocycles. The fourth-order valence-corrected chi connectivity index (χ4v) is 3.62. The summed E-state index contributed by atoms with van der Waals surface area (Å²) in [5, 5.41) is 3.46. The number of nitrogens with one attached hydrogen (secondary N) is 1. The van der Waals surface area contributed by atoms with Crippen LogP contribution in [0, 0.1) is 5.92 Å². The number of piperidine rings is 1. The van der Waals surface area contributed by atoms with Gasteiger partial charge in [-0.15, -0.1) is 0 Å². The van der Waals surface area contributed by atoms with E-state index in [4.69, 9.17) is 4.74 Å². The van der Waals surface area contributed by atoms with Crippen molar-refractivity contribution in [2.24, 2.45) is 10.9 Å². The van der Waals surface area contributed by atoms with Gasteiger partial charge in [0, 0.05) is 26.7 Å². The van der Waals surface area contributed by atoms with E-state index in [1.807, 2.05) is 14.0 Å². The SMILES string of the molecule is CCOC(=O)C1CCCN(C(=NC)NCCCCN2CCCC2)C1. The fraction of sp³-hybridized carbons (Fsp3) is 0.889. The number of unbranched alkanes of at least 4 members (excludes halogenated alkanes) is 1. The number of esters is 1. The van der Waals surface area contributed by atoms with Crippen molar-refractivity contribution in [3.05, 3.63) is 0 Å². The van der Waals surface area contributed by atoms with Gasteiger partial charge in [0.15, 0.2) is 5.96 Å². The van der Waals surface area contributed by atoms with Crippen LogP contribution in [0.1, 0.15) is 45.4 Å². The number of aliphatic imine (C=N–C) groups is 1. The molecular weight excluding hydrogens is 304 g/mol. The van der Waals surface area contributed by atoms with E-state index in [9.17, 15) is 4.79 Å². The van der Waals surface area contributed by atoms with E-state index in [1.165, 1.54) is 38.9 Å². The summed E-state index contributed by atoms with van der Waals surface area (Å²) < 4.78 is 5.17. The first-order valence-electron chi connectivity index (χ1n) is 9.59. The van der Waals surface area contributed by atoms with E-state index in [0.29, 0.717) is 13.2 Å². The molecule has 2 aliphatic rings. The van der Waals surface area contributed by atoms with Gasteiger partial charge in [0.05, 0.1) is 12.5 Å². The topological polar surface area (TPSA) is 57.2 Å². The average molecular weight is 338 g/mol. The Hall–Kier alpha value is -1.30. The quantitative estimate of drug-likeness (QED) is 0.331. The third kappa shape index (κ3) is 5.96. The van der Waals surface area contributed by atoms with E-state index >= 15 is 0 Å². The van der Waals surface area contributed by atoms with Crippen LogP contribution in [-0.2, 0) is 9.53 Å². The lowest BCUT2D eigenvalue weighted by molar-refractivity contribution is -0.149. The molecule has 0 aromatic carbocycles. The van der Waals surface area contributed by atoms with Crippen molar-refractivity contribution >= 4 is 11.9 Å². The average Bonchev–Trinajstić information content (AvgIpc) is 3.12. The molecule has 0 aromatic rings.